The molecular formula is C15H26N4O. The van der Waals surface area contributed by atoms with Gasteiger partial charge in [-0.15, -0.1) is 5.10 Å². The lowest BCUT2D eigenvalue weighted by molar-refractivity contribution is 0.230. The van der Waals surface area contributed by atoms with Crippen molar-refractivity contribution in [2.75, 3.05) is 26.2 Å². The van der Waals surface area contributed by atoms with E-state index >= 15 is 0 Å². The van der Waals surface area contributed by atoms with Crippen LogP contribution >= 0.6 is 0 Å². The molecule has 0 atom stereocenters. The SMILES string of the molecule is CC(C)(C)NCc1ccc(OCCN2CCCC2)nn1. The van der Waals surface area contributed by atoms with E-state index in [0.29, 0.717) is 12.5 Å². The summed E-state index contributed by atoms with van der Waals surface area (Å²) in [5.74, 6) is 0.615. The van der Waals surface area contributed by atoms with Crippen LogP contribution in [0.3, 0.4) is 0 Å². The van der Waals surface area contributed by atoms with E-state index in [1.54, 1.807) is 0 Å². The van der Waals surface area contributed by atoms with Crippen LogP contribution < -0.4 is 10.1 Å². The minimum Gasteiger partial charge on any atom is -0.475 e. The summed E-state index contributed by atoms with van der Waals surface area (Å²) in [5.41, 5.74) is 1.03. The molecule has 0 unspecified atom stereocenters. The number of aromatic nitrogens is 2. The fourth-order valence-corrected chi connectivity index (χ4v) is 2.16. The second kappa shape index (κ2) is 6.99. The third-order valence-corrected chi connectivity index (χ3v) is 3.35. The van der Waals surface area contributed by atoms with Crippen molar-refractivity contribution in [1.29, 1.82) is 0 Å². The molecule has 1 aromatic heterocycles. The van der Waals surface area contributed by atoms with Crippen molar-refractivity contribution in [2.24, 2.45) is 0 Å². The Bertz CT molecular complexity index is 393. The Morgan fingerprint density at radius 1 is 1.20 bits per heavy atom. The maximum atomic E-state index is 5.63. The molecule has 0 saturated carbocycles. The molecule has 0 radical (unpaired) electrons. The number of hydrogen-bond donors (Lipinski definition) is 1. The molecule has 1 aromatic rings. The number of hydrogen-bond acceptors (Lipinski definition) is 5. The Balaban J connectivity index is 1.70. The van der Waals surface area contributed by atoms with Crippen molar-refractivity contribution in [1.82, 2.24) is 20.4 Å². The molecule has 5 nitrogen and oxygen atoms in total. The Morgan fingerprint density at radius 3 is 2.55 bits per heavy atom. The van der Waals surface area contributed by atoms with Gasteiger partial charge in [0.1, 0.15) is 6.61 Å². The van der Waals surface area contributed by atoms with E-state index in [1.165, 1.54) is 25.9 Å². The molecule has 112 valence electrons. The van der Waals surface area contributed by atoms with E-state index in [2.05, 4.69) is 41.2 Å². The van der Waals surface area contributed by atoms with E-state index in [9.17, 15) is 0 Å². The zero-order chi connectivity index (χ0) is 14.4. The third-order valence-electron chi connectivity index (χ3n) is 3.35. The summed E-state index contributed by atoms with van der Waals surface area (Å²) in [6.07, 6.45) is 2.63. The van der Waals surface area contributed by atoms with Crippen LogP contribution in [0.25, 0.3) is 0 Å². The quantitative estimate of drug-likeness (QED) is 0.860. The first-order valence-corrected chi connectivity index (χ1v) is 7.46. The van der Waals surface area contributed by atoms with E-state index < -0.39 is 0 Å². The first-order chi connectivity index (χ1) is 9.53. The van der Waals surface area contributed by atoms with Gasteiger partial charge >= 0.3 is 0 Å². The third kappa shape index (κ3) is 5.43. The Kier molecular flexibility index (Phi) is 5.31. The smallest absolute Gasteiger partial charge is 0.233 e. The average Bonchev–Trinajstić information content (AvgIpc) is 2.90. The normalized spacial score (nSPS) is 16.6. The van der Waals surface area contributed by atoms with Gasteiger partial charge in [0, 0.05) is 24.7 Å². The maximum absolute atomic E-state index is 5.63. The zero-order valence-electron chi connectivity index (χ0n) is 12.9. The fraction of sp³-hybridized carbons (Fsp3) is 0.733. The van der Waals surface area contributed by atoms with Crippen LogP contribution in [-0.2, 0) is 6.54 Å². The largest absolute Gasteiger partial charge is 0.475 e. The van der Waals surface area contributed by atoms with Crippen LogP contribution in [0.2, 0.25) is 0 Å². The minimum absolute atomic E-state index is 0.0899. The Hall–Kier alpha value is -1.20. The summed E-state index contributed by atoms with van der Waals surface area (Å²) in [7, 11) is 0. The first kappa shape index (κ1) is 15.2. The molecule has 0 aromatic carbocycles. The van der Waals surface area contributed by atoms with Crippen LogP contribution in [0, 0.1) is 0 Å². The van der Waals surface area contributed by atoms with Crippen molar-refractivity contribution in [3.8, 4) is 5.88 Å². The Morgan fingerprint density at radius 2 is 1.95 bits per heavy atom. The molecule has 1 saturated heterocycles. The highest BCUT2D eigenvalue weighted by atomic mass is 16.5. The van der Waals surface area contributed by atoms with Gasteiger partial charge in [0.05, 0.1) is 5.69 Å². The topological polar surface area (TPSA) is 50.3 Å². The maximum Gasteiger partial charge on any atom is 0.233 e. The standard InChI is InChI=1S/C15H26N4O/c1-15(2,3)16-12-13-6-7-14(18-17-13)20-11-10-19-8-4-5-9-19/h6-7,16H,4-5,8-12H2,1-3H3. The predicted molar refractivity (Wildman–Crippen MR) is 79.8 cm³/mol. The summed E-state index contributed by atoms with van der Waals surface area (Å²) in [6, 6.07) is 3.87. The molecule has 2 heterocycles. The molecule has 1 N–H and O–H groups in total. The minimum atomic E-state index is 0.0899. The number of nitrogens with one attached hydrogen (secondary N) is 1. The predicted octanol–water partition coefficient (Wildman–Crippen LogP) is 1.84. The number of ether oxygens (including phenoxy) is 1. The van der Waals surface area contributed by atoms with Crippen molar-refractivity contribution in [3.63, 3.8) is 0 Å². The highest BCUT2D eigenvalue weighted by Crippen LogP contribution is 2.09. The van der Waals surface area contributed by atoms with Crippen LogP contribution in [0.4, 0.5) is 0 Å². The molecule has 2 rings (SSSR count). The number of likely N-dealkylation sites (tertiary alicyclic amines) is 1. The molecule has 1 aliphatic heterocycles. The van der Waals surface area contributed by atoms with Crippen LogP contribution in [-0.4, -0.2) is 46.9 Å². The van der Waals surface area contributed by atoms with E-state index in [4.69, 9.17) is 4.74 Å². The van der Waals surface area contributed by atoms with Gasteiger partial charge in [-0.25, -0.2) is 0 Å². The molecule has 0 bridgehead atoms. The van der Waals surface area contributed by atoms with Crippen molar-refractivity contribution >= 4 is 0 Å². The van der Waals surface area contributed by atoms with Crippen molar-refractivity contribution in [2.45, 2.75) is 45.7 Å². The Labute approximate surface area is 121 Å². The summed E-state index contributed by atoms with van der Waals surface area (Å²) in [5, 5.41) is 11.7. The molecule has 0 spiro atoms. The van der Waals surface area contributed by atoms with Crippen LogP contribution in [0.5, 0.6) is 5.88 Å². The monoisotopic (exact) mass is 278 g/mol. The first-order valence-electron chi connectivity index (χ1n) is 7.46. The molecular weight excluding hydrogens is 252 g/mol. The lowest BCUT2D eigenvalue weighted by atomic mass is 10.1. The number of nitrogens with zero attached hydrogens (tertiary/aromatic N) is 3. The molecule has 5 heteroatoms. The van der Waals surface area contributed by atoms with Gasteiger partial charge < -0.3 is 10.1 Å². The summed E-state index contributed by atoms with van der Waals surface area (Å²) in [6.45, 7) is 11.2. The van der Waals surface area contributed by atoms with Crippen molar-refractivity contribution < 1.29 is 4.74 Å². The van der Waals surface area contributed by atoms with Gasteiger partial charge in [-0.05, 0) is 52.8 Å². The van der Waals surface area contributed by atoms with Gasteiger partial charge in [-0.1, -0.05) is 0 Å². The highest BCUT2D eigenvalue weighted by Gasteiger charge is 2.11. The molecule has 1 fully saturated rings. The second-order valence-electron chi connectivity index (χ2n) is 6.36. The average molecular weight is 278 g/mol. The van der Waals surface area contributed by atoms with Gasteiger partial charge in [-0.2, -0.15) is 5.10 Å². The molecule has 0 aliphatic carbocycles. The van der Waals surface area contributed by atoms with Crippen LogP contribution in [0.1, 0.15) is 39.3 Å². The van der Waals surface area contributed by atoms with E-state index in [0.717, 1.165) is 18.8 Å². The van der Waals surface area contributed by atoms with Gasteiger partial charge in [-0.3, -0.25) is 4.90 Å². The summed E-state index contributed by atoms with van der Waals surface area (Å²) < 4.78 is 5.63. The van der Waals surface area contributed by atoms with E-state index in [-0.39, 0.29) is 5.54 Å². The molecule has 20 heavy (non-hydrogen) atoms. The van der Waals surface area contributed by atoms with Gasteiger partial charge in [0.2, 0.25) is 5.88 Å². The lowest BCUT2D eigenvalue weighted by Crippen LogP contribution is -2.35. The zero-order valence-corrected chi connectivity index (χ0v) is 12.9. The highest BCUT2D eigenvalue weighted by molar-refractivity contribution is 5.11. The fourth-order valence-electron chi connectivity index (χ4n) is 2.16. The van der Waals surface area contributed by atoms with Gasteiger partial charge in [0.15, 0.2) is 0 Å². The van der Waals surface area contributed by atoms with Gasteiger partial charge in [0.25, 0.3) is 0 Å². The second-order valence-corrected chi connectivity index (χ2v) is 6.36. The summed E-state index contributed by atoms with van der Waals surface area (Å²) >= 11 is 0. The molecule has 1 aliphatic rings. The van der Waals surface area contributed by atoms with Crippen LogP contribution in [0.15, 0.2) is 12.1 Å². The summed E-state index contributed by atoms with van der Waals surface area (Å²) in [4.78, 5) is 2.43. The molecule has 0 amide bonds. The van der Waals surface area contributed by atoms with E-state index in [1.807, 2.05) is 12.1 Å². The van der Waals surface area contributed by atoms with Crippen molar-refractivity contribution in [3.05, 3.63) is 17.8 Å². The lowest BCUT2D eigenvalue weighted by Gasteiger charge is -2.19. The number of rotatable bonds is 6.